The molecule has 2 N–H and O–H groups in total. The zero-order valence-electron chi connectivity index (χ0n) is 12.7. The van der Waals surface area contributed by atoms with Crippen molar-refractivity contribution in [1.29, 1.82) is 0 Å². The Hall–Kier alpha value is -1.88. The molecule has 120 valence electrons. The quantitative estimate of drug-likeness (QED) is 0.280. The maximum absolute atomic E-state index is 10.8. The van der Waals surface area contributed by atoms with Gasteiger partial charge in [-0.1, -0.05) is 51.2 Å². The van der Waals surface area contributed by atoms with Gasteiger partial charge in [0, 0.05) is 5.57 Å². The summed E-state index contributed by atoms with van der Waals surface area (Å²) in [5, 5.41) is 16.6. The van der Waals surface area contributed by atoms with Crippen molar-refractivity contribution in [3.8, 4) is 0 Å². The lowest BCUT2D eigenvalue weighted by molar-refractivity contribution is -0.142. The van der Waals surface area contributed by atoms with Gasteiger partial charge in [-0.2, -0.15) is 0 Å². The van der Waals surface area contributed by atoms with Crippen molar-refractivity contribution in [2.75, 3.05) is 13.2 Å². The highest BCUT2D eigenvalue weighted by Crippen LogP contribution is 2.00. The topological polar surface area (TPSA) is 83.8 Å². The van der Waals surface area contributed by atoms with Crippen LogP contribution in [0.1, 0.15) is 39.0 Å². The second kappa shape index (κ2) is 16.2. The first-order chi connectivity index (χ1) is 9.99. The average molecular weight is 298 g/mol. The Kier molecular flexibility index (Phi) is 16.5. The van der Waals surface area contributed by atoms with Crippen LogP contribution in [0.5, 0.6) is 0 Å². The van der Waals surface area contributed by atoms with E-state index in [1.807, 2.05) is 6.08 Å². The van der Waals surface area contributed by atoms with Crippen LogP contribution in [0.3, 0.4) is 0 Å². The van der Waals surface area contributed by atoms with Crippen molar-refractivity contribution in [1.82, 2.24) is 0 Å². The van der Waals surface area contributed by atoms with Gasteiger partial charge in [0.1, 0.15) is 6.61 Å². The van der Waals surface area contributed by atoms with E-state index in [-0.39, 0.29) is 18.8 Å². The summed E-state index contributed by atoms with van der Waals surface area (Å²) in [6, 6.07) is 0. The van der Waals surface area contributed by atoms with Gasteiger partial charge in [0.05, 0.1) is 13.0 Å². The molecule has 0 aliphatic rings. The molecule has 0 aliphatic carbocycles. The summed E-state index contributed by atoms with van der Waals surface area (Å²) in [4.78, 5) is 20.9. The number of esters is 1. The highest BCUT2D eigenvalue weighted by Gasteiger charge is 2.10. The molecule has 0 aromatic rings. The van der Waals surface area contributed by atoms with E-state index in [1.165, 1.54) is 25.3 Å². The SMILES string of the molecule is C=CCOC(=O)C(=C)CC(=O)O.CCCCCC=CCO. The summed E-state index contributed by atoms with van der Waals surface area (Å²) in [6.07, 6.45) is 9.79. The minimum atomic E-state index is -1.10. The van der Waals surface area contributed by atoms with Crippen molar-refractivity contribution in [3.05, 3.63) is 37.0 Å². The van der Waals surface area contributed by atoms with Crippen molar-refractivity contribution < 1.29 is 24.5 Å². The number of rotatable bonds is 10. The molecule has 0 aromatic carbocycles. The molecular weight excluding hydrogens is 272 g/mol. The number of carboxylic acid groups (broad SMARTS) is 1. The predicted octanol–water partition coefficient (Wildman–Crippen LogP) is 2.86. The normalized spacial score (nSPS) is 9.62. The number of aliphatic hydroxyl groups is 1. The predicted molar refractivity (Wildman–Crippen MR) is 82.9 cm³/mol. The minimum Gasteiger partial charge on any atom is -0.481 e. The molecular formula is C16H26O5. The third-order valence-electron chi connectivity index (χ3n) is 2.23. The molecule has 5 heteroatoms. The Labute approximate surface area is 126 Å². The molecule has 0 radical (unpaired) electrons. The Bertz CT molecular complexity index is 345. The van der Waals surface area contributed by atoms with Crippen LogP contribution in [-0.2, 0) is 14.3 Å². The number of carbonyl (C=O) groups excluding carboxylic acids is 1. The summed E-state index contributed by atoms with van der Waals surface area (Å²) in [5.74, 6) is -1.80. The number of hydrogen-bond acceptors (Lipinski definition) is 4. The van der Waals surface area contributed by atoms with E-state index in [2.05, 4.69) is 24.8 Å². The van der Waals surface area contributed by atoms with Crippen LogP contribution >= 0.6 is 0 Å². The first-order valence-corrected chi connectivity index (χ1v) is 6.92. The third kappa shape index (κ3) is 18.1. The molecule has 0 bridgehead atoms. The van der Waals surface area contributed by atoms with Crippen molar-refractivity contribution >= 4 is 11.9 Å². The number of aliphatic carboxylic acids is 1. The van der Waals surface area contributed by atoms with Gasteiger partial charge < -0.3 is 14.9 Å². The van der Waals surface area contributed by atoms with Gasteiger partial charge >= 0.3 is 11.9 Å². The molecule has 0 saturated heterocycles. The highest BCUT2D eigenvalue weighted by molar-refractivity contribution is 5.92. The first kappa shape index (κ1) is 21.4. The van der Waals surface area contributed by atoms with Crippen molar-refractivity contribution in [2.24, 2.45) is 0 Å². The zero-order chi connectivity index (χ0) is 16.5. The summed E-state index contributed by atoms with van der Waals surface area (Å²) in [7, 11) is 0. The molecule has 0 amide bonds. The zero-order valence-corrected chi connectivity index (χ0v) is 12.7. The number of allylic oxidation sites excluding steroid dienone is 1. The maximum Gasteiger partial charge on any atom is 0.334 e. The van der Waals surface area contributed by atoms with E-state index in [9.17, 15) is 9.59 Å². The van der Waals surface area contributed by atoms with Crippen LogP contribution in [-0.4, -0.2) is 35.4 Å². The minimum absolute atomic E-state index is 0.0654. The summed E-state index contributed by atoms with van der Waals surface area (Å²) < 4.78 is 4.53. The van der Waals surface area contributed by atoms with E-state index >= 15 is 0 Å². The number of hydrogen-bond donors (Lipinski definition) is 2. The standard InChI is InChI=1S/C8H10O4.C8H16O/c1-3-4-12-8(11)6(2)5-7(9)10;1-2-3-4-5-6-7-8-9/h3H,1-2,4-5H2,(H,9,10);6-7,9H,2-5,8H2,1H3. The van der Waals surface area contributed by atoms with E-state index in [0.29, 0.717) is 0 Å². The van der Waals surface area contributed by atoms with Crippen molar-refractivity contribution in [2.45, 2.75) is 39.0 Å². The molecule has 0 spiro atoms. The number of ether oxygens (including phenoxy) is 1. The van der Waals surface area contributed by atoms with Crippen LogP contribution in [0.15, 0.2) is 37.0 Å². The Morgan fingerprint density at radius 1 is 1.24 bits per heavy atom. The molecule has 0 rings (SSSR count). The average Bonchev–Trinajstić information content (AvgIpc) is 2.44. The smallest absolute Gasteiger partial charge is 0.334 e. The lowest BCUT2D eigenvalue weighted by Crippen LogP contribution is -2.10. The van der Waals surface area contributed by atoms with E-state index in [4.69, 9.17) is 10.2 Å². The largest absolute Gasteiger partial charge is 0.481 e. The fraction of sp³-hybridized carbons (Fsp3) is 0.500. The molecule has 0 fully saturated rings. The Morgan fingerprint density at radius 3 is 2.38 bits per heavy atom. The third-order valence-corrected chi connectivity index (χ3v) is 2.23. The van der Waals surface area contributed by atoms with Crippen molar-refractivity contribution in [3.63, 3.8) is 0 Å². The van der Waals surface area contributed by atoms with Gasteiger partial charge in [-0.15, -0.1) is 0 Å². The first-order valence-electron chi connectivity index (χ1n) is 6.92. The summed E-state index contributed by atoms with van der Waals surface area (Å²) in [6.45, 7) is 9.03. The molecule has 5 nitrogen and oxygen atoms in total. The Morgan fingerprint density at radius 2 is 1.90 bits per heavy atom. The van der Waals surface area contributed by atoms with Gasteiger partial charge in [-0.3, -0.25) is 4.79 Å². The molecule has 0 aromatic heterocycles. The van der Waals surface area contributed by atoms with Gasteiger partial charge in [-0.05, 0) is 12.8 Å². The maximum atomic E-state index is 10.8. The van der Waals surface area contributed by atoms with Gasteiger partial charge in [0.25, 0.3) is 0 Å². The monoisotopic (exact) mass is 298 g/mol. The summed E-state index contributed by atoms with van der Waals surface area (Å²) in [5.41, 5.74) is -0.0654. The van der Waals surface area contributed by atoms with Crippen LogP contribution in [0.4, 0.5) is 0 Å². The van der Waals surface area contributed by atoms with Crippen LogP contribution in [0.25, 0.3) is 0 Å². The summed E-state index contributed by atoms with van der Waals surface area (Å²) >= 11 is 0. The van der Waals surface area contributed by atoms with E-state index < -0.39 is 18.4 Å². The molecule has 0 saturated carbocycles. The van der Waals surface area contributed by atoms with Gasteiger partial charge in [0.2, 0.25) is 0 Å². The second-order valence-corrected chi connectivity index (χ2v) is 4.21. The van der Waals surface area contributed by atoms with Gasteiger partial charge in [0.15, 0.2) is 0 Å². The molecule has 0 aliphatic heterocycles. The van der Waals surface area contributed by atoms with Gasteiger partial charge in [-0.25, -0.2) is 4.79 Å². The van der Waals surface area contributed by atoms with E-state index in [1.54, 1.807) is 6.08 Å². The van der Waals surface area contributed by atoms with Crippen LogP contribution in [0.2, 0.25) is 0 Å². The fourth-order valence-electron chi connectivity index (χ4n) is 1.20. The fourth-order valence-corrected chi connectivity index (χ4v) is 1.20. The second-order valence-electron chi connectivity index (χ2n) is 4.21. The lowest BCUT2D eigenvalue weighted by Gasteiger charge is -2.01. The highest BCUT2D eigenvalue weighted by atomic mass is 16.5. The van der Waals surface area contributed by atoms with E-state index in [0.717, 1.165) is 6.42 Å². The lowest BCUT2D eigenvalue weighted by atomic mass is 10.2. The molecule has 21 heavy (non-hydrogen) atoms. The van der Waals surface area contributed by atoms with Crippen LogP contribution < -0.4 is 0 Å². The number of aliphatic hydroxyl groups excluding tert-OH is 1. The number of carbonyl (C=O) groups is 2. The van der Waals surface area contributed by atoms with Crippen LogP contribution in [0, 0.1) is 0 Å². The number of unbranched alkanes of at least 4 members (excludes halogenated alkanes) is 3. The number of carboxylic acids is 1. The molecule has 0 atom stereocenters. The Balaban J connectivity index is 0. The molecule has 0 heterocycles. The molecule has 0 unspecified atom stereocenters.